The van der Waals surface area contributed by atoms with Gasteiger partial charge in [0.05, 0.1) is 7.11 Å². The molecule has 0 radical (unpaired) electrons. The van der Waals surface area contributed by atoms with Crippen LogP contribution in [0.1, 0.15) is 10.5 Å². The molecule has 0 atom stereocenters. The maximum atomic E-state index is 12.2. The fraction of sp³-hybridized carbons (Fsp3) is 0.0588. The molecule has 1 N–H and O–H groups in total. The molecule has 0 bridgehead atoms. The van der Waals surface area contributed by atoms with Crippen LogP contribution < -0.4 is 10.1 Å². The van der Waals surface area contributed by atoms with Crippen molar-refractivity contribution >= 4 is 22.4 Å². The van der Waals surface area contributed by atoms with Crippen molar-refractivity contribution < 1.29 is 9.53 Å². The highest BCUT2D eigenvalue weighted by atomic mass is 16.5. The number of methoxy groups -OCH3 is 1. The number of anilines is 1. The monoisotopic (exact) mass is 278 g/mol. The van der Waals surface area contributed by atoms with E-state index in [4.69, 9.17) is 4.74 Å². The van der Waals surface area contributed by atoms with Crippen molar-refractivity contribution in [2.24, 2.45) is 0 Å². The minimum atomic E-state index is -0.231. The Morgan fingerprint density at radius 2 is 1.76 bits per heavy atom. The molecule has 1 amide bonds. The summed E-state index contributed by atoms with van der Waals surface area (Å²) >= 11 is 0. The van der Waals surface area contributed by atoms with Crippen LogP contribution in [0, 0.1) is 0 Å². The summed E-state index contributed by atoms with van der Waals surface area (Å²) < 4.78 is 5.08. The smallest absolute Gasteiger partial charge is 0.274 e. The number of pyridine rings is 1. The number of ether oxygens (including phenoxy) is 1. The SMILES string of the molecule is COc1ccc(NC(=O)c2cc3ccccc3cn2)cc1. The van der Waals surface area contributed by atoms with E-state index in [0.717, 1.165) is 16.5 Å². The summed E-state index contributed by atoms with van der Waals surface area (Å²) in [5.74, 6) is 0.516. The van der Waals surface area contributed by atoms with Crippen LogP contribution in [0.2, 0.25) is 0 Å². The summed E-state index contributed by atoms with van der Waals surface area (Å²) in [6.45, 7) is 0. The molecule has 4 nitrogen and oxygen atoms in total. The predicted molar refractivity (Wildman–Crippen MR) is 82.7 cm³/mol. The minimum absolute atomic E-state index is 0.231. The molecule has 3 aromatic rings. The molecule has 0 unspecified atom stereocenters. The van der Waals surface area contributed by atoms with Crippen molar-refractivity contribution in [3.63, 3.8) is 0 Å². The van der Waals surface area contributed by atoms with E-state index in [1.165, 1.54) is 0 Å². The highest BCUT2D eigenvalue weighted by Crippen LogP contribution is 2.17. The van der Waals surface area contributed by atoms with Crippen LogP contribution in [-0.2, 0) is 0 Å². The fourth-order valence-electron chi connectivity index (χ4n) is 2.08. The molecule has 0 spiro atoms. The quantitative estimate of drug-likeness (QED) is 0.797. The van der Waals surface area contributed by atoms with Crippen molar-refractivity contribution in [2.45, 2.75) is 0 Å². The highest BCUT2D eigenvalue weighted by molar-refractivity contribution is 6.04. The molecule has 0 aliphatic heterocycles. The second kappa shape index (κ2) is 5.63. The van der Waals surface area contributed by atoms with Crippen LogP contribution in [0.5, 0.6) is 5.75 Å². The zero-order valence-electron chi connectivity index (χ0n) is 11.5. The first kappa shape index (κ1) is 13.1. The van der Waals surface area contributed by atoms with Crippen LogP contribution in [-0.4, -0.2) is 18.0 Å². The van der Waals surface area contributed by atoms with Gasteiger partial charge in [0.15, 0.2) is 0 Å². The molecule has 2 aromatic carbocycles. The van der Waals surface area contributed by atoms with Crippen LogP contribution in [0.25, 0.3) is 10.8 Å². The minimum Gasteiger partial charge on any atom is -0.497 e. The van der Waals surface area contributed by atoms with E-state index < -0.39 is 0 Å². The van der Waals surface area contributed by atoms with E-state index >= 15 is 0 Å². The Hall–Kier alpha value is -2.88. The number of carbonyl (C=O) groups is 1. The topological polar surface area (TPSA) is 51.2 Å². The number of hydrogen-bond acceptors (Lipinski definition) is 3. The lowest BCUT2D eigenvalue weighted by atomic mass is 10.1. The predicted octanol–water partition coefficient (Wildman–Crippen LogP) is 3.50. The zero-order valence-corrected chi connectivity index (χ0v) is 11.5. The molecule has 0 saturated carbocycles. The van der Waals surface area contributed by atoms with E-state index in [-0.39, 0.29) is 5.91 Å². The van der Waals surface area contributed by atoms with E-state index in [1.807, 2.05) is 24.3 Å². The number of nitrogens with one attached hydrogen (secondary N) is 1. The lowest BCUT2D eigenvalue weighted by molar-refractivity contribution is 0.102. The van der Waals surface area contributed by atoms with Crippen molar-refractivity contribution in [1.29, 1.82) is 0 Å². The number of aromatic nitrogens is 1. The molecule has 1 heterocycles. The first-order chi connectivity index (χ1) is 10.3. The first-order valence-corrected chi connectivity index (χ1v) is 6.56. The van der Waals surface area contributed by atoms with Gasteiger partial charge in [-0.2, -0.15) is 0 Å². The zero-order chi connectivity index (χ0) is 14.7. The van der Waals surface area contributed by atoms with Gasteiger partial charge in [0, 0.05) is 17.3 Å². The molecule has 0 fully saturated rings. The summed E-state index contributed by atoms with van der Waals surface area (Å²) in [6, 6.07) is 16.8. The number of fused-ring (bicyclic) bond motifs is 1. The van der Waals surface area contributed by atoms with E-state index in [2.05, 4.69) is 10.3 Å². The van der Waals surface area contributed by atoms with Crippen molar-refractivity contribution in [2.75, 3.05) is 12.4 Å². The molecule has 4 heteroatoms. The Balaban J connectivity index is 1.82. The highest BCUT2D eigenvalue weighted by Gasteiger charge is 2.08. The van der Waals surface area contributed by atoms with Gasteiger partial charge in [-0.25, -0.2) is 0 Å². The number of benzene rings is 2. The fourth-order valence-corrected chi connectivity index (χ4v) is 2.08. The average Bonchev–Trinajstić information content (AvgIpc) is 2.55. The Kier molecular flexibility index (Phi) is 3.51. The summed E-state index contributed by atoms with van der Waals surface area (Å²) in [4.78, 5) is 16.4. The Labute approximate surface area is 122 Å². The van der Waals surface area contributed by atoms with Gasteiger partial charge in [-0.15, -0.1) is 0 Å². The van der Waals surface area contributed by atoms with E-state index in [1.54, 1.807) is 43.6 Å². The standard InChI is InChI=1S/C17H14N2O2/c1-21-15-8-6-14(7-9-15)19-17(20)16-10-12-4-2-3-5-13(12)11-18-16/h2-11H,1H3,(H,19,20). The maximum absolute atomic E-state index is 12.2. The summed E-state index contributed by atoms with van der Waals surface area (Å²) in [6.07, 6.45) is 1.71. The third-order valence-electron chi connectivity index (χ3n) is 3.21. The van der Waals surface area contributed by atoms with Crippen LogP contribution >= 0.6 is 0 Å². The molecular weight excluding hydrogens is 264 g/mol. The van der Waals surface area contributed by atoms with Crippen LogP contribution in [0.3, 0.4) is 0 Å². The number of carbonyl (C=O) groups excluding carboxylic acids is 1. The Bertz CT molecular complexity index is 782. The Morgan fingerprint density at radius 1 is 1.05 bits per heavy atom. The molecule has 3 rings (SSSR count). The molecule has 1 aromatic heterocycles. The van der Waals surface area contributed by atoms with Gasteiger partial charge in [-0.1, -0.05) is 24.3 Å². The summed E-state index contributed by atoms with van der Waals surface area (Å²) in [5.41, 5.74) is 1.10. The van der Waals surface area contributed by atoms with Crippen molar-refractivity contribution in [1.82, 2.24) is 4.98 Å². The third-order valence-corrected chi connectivity index (χ3v) is 3.21. The Morgan fingerprint density at radius 3 is 2.48 bits per heavy atom. The average molecular weight is 278 g/mol. The third kappa shape index (κ3) is 2.84. The maximum Gasteiger partial charge on any atom is 0.274 e. The van der Waals surface area contributed by atoms with Gasteiger partial charge < -0.3 is 10.1 Å². The van der Waals surface area contributed by atoms with Crippen molar-refractivity contribution in [3.8, 4) is 5.75 Å². The molecule has 0 aliphatic rings. The van der Waals surface area contributed by atoms with Gasteiger partial charge in [0.25, 0.3) is 5.91 Å². The first-order valence-electron chi connectivity index (χ1n) is 6.56. The summed E-state index contributed by atoms with van der Waals surface area (Å²) in [5, 5.41) is 4.82. The van der Waals surface area contributed by atoms with Crippen molar-refractivity contribution in [3.05, 3.63) is 66.5 Å². The second-order valence-electron chi connectivity index (χ2n) is 4.60. The van der Waals surface area contributed by atoms with Gasteiger partial charge in [-0.05, 0) is 35.7 Å². The normalized spacial score (nSPS) is 10.3. The van der Waals surface area contributed by atoms with Gasteiger partial charge in [0.1, 0.15) is 11.4 Å². The summed E-state index contributed by atoms with van der Waals surface area (Å²) in [7, 11) is 1.60. The largest absolute Gasteiger partial charge is 0.497 e. The molecular formula is C17H14N2O2. The van der Waals surface area contributed by atoms with Gasteiger partial charge in [-0.3, -0.25) is 9.78 Å². The molecule has 0 aliphatic carbocycles. The van der Waals surface area contributed by atoms with Gasteiger partial charge >= 0.3 is 0 Å². The molecule has 21 heavy (non-hydrogen) atoms. The number of amides is 1. The lowest BCUT2D eigenvalue weighted by Gasteiger charge is -2.06. The lowest BCUT2D eigenvalue weighted by Crippen LogP contribution is -2.13. The van der Waals surface area contributed by atoms with Gasteiger partial charge in [0.2, 0.25) is 0 Å². The number of hydrogen-bond donors (Lipinski definition) is 1. The number of nitrogens with zero attached hydrogens (tertiary/aromatic N) is 1. The van der Waals surface area contributed by atoms with E-state index in [0.29, 0.717) is 11.4 Å². The van der Waals surface area contributed by atoms with Crippen LogP contribution in [0.15, 0.2) is 60.8 Å². The number of rotatable bonds is 3. The molecule has 0 saturated heterocycles. The van der Waals surface area contributed by atoms with Crippen LogP contribution in [0.4, 0.5) is 5.69 Å². The molecule has 104 valence electrons. The second-order valence-corrected chi connectivity index (χ2v) is 4.60. The van der Waals surface area contributed by atoms with E-state index in [9.17, 15) is 4.79 Å².